The molecule has 1 fully saturated rings. The maximum Gasteiger partial charge on any atom is 0.258 e. The Balaban J connectivity index is 1.52. The highest BCUT2D eigenvalue weighted by Gasteiger charge is 2.23. The molecule has 0 bridgehead atoms. The average molecular weight is 376 g/mol. The van der Waals surface area contributed by atoms with E-state index in [1.807, 2.05) is 12.1 Å². The van der Waals surface area contributed by atoms with Crippen molar-refractivity contribution in [3.63, 3.8) is 0 Å². The number of nitrogens with one attached hydrogen (secondary N) is 1. The number of hydrogen-bond donors (Lipinski definition) is 1. The fraction of sp³-hybridized carbons (Fsp3) is 0.421. The predicted molar refractivity (Wildman–Crippen MR) is 101 cm³/mol. The molecule has 6 nitrogen and oxygen atoms in total. The second-order valence-electron chi connectivity index (χ2n) is 5.99. The molecule has 1 aliphatic rings. The number of ether oxygens (including phenoxy) is 3. The fourth-order valence-corrected chi connectivity index (χ4v) is 3.62. The van der Waals surface area contributed by atoms with Gasteiger partial charge in [-0.1, -0.05) is 6.07 Å². The highest BCUT2D eigenvalue weighted by atomic mass is 32.1. The Labute approximate surface area is 157 Å². The van der Waals surface area contributed by atoms with Crippen molar-refractivity contribution in [2.45, 2.75) is 6.04 Å². The number of hydrogen-bond acceptors (Lipinski definition) is 6. The molecule has 0 saturated carbocycles. The second-order valence-corrected chi connectivity index (χ2v) is 6.77. The van der Waals surface area contributed by atoms with Crippen LogP contribution in [-0.2, 0) is 9.53 Å². The minimum absolute atomic E-state index is 0.0212. The van der Waals surface area contributed by atoms with E-state index in [0.717, 1.165) is 26.3 Å². The molecule has 0 spiro atoms. The third kappa shape index (κ3) is 5.20. The highest BCUT2D eigenvalue weighted by molar-refractivity contribution is 7.07. The molecular formula is C19H24N2O4S. The molecule has 3 rings (SSSR count). The van der Waals surface area contributed by atoms with Crippen molar-refractivity contribution >= 4 is 17.2 Å². The first-order valence-electron chi connectivity index (χ1n) is 8.63. The Hall–Kier alpha value is -2.09. The predicted octanol–water partition coefficient (Wildman–Crippen LogP) is 2.33. The summed E-state index contributed by atoms with van der Waals surface area (Å²) in [5.41, 5.74) is 1.23. The molecule has 1 aromatic heterocycles. The van der Waals surface area contributed by atoms with E-state index in [1.165, 1.54) is 5.56 Å². The van der Waals surface area contributed by atoms with Gasteiger partial charge in [-0.05, 0) is 34.5 Å². The van der Waals surface area contributed by atoms with Crippen molar-refractivity contribution in [2.75, 3.05) is 46.6 Å². The summed E-state index contributed by atoms with van der Waals surface area (Å²) >= 11 is 1.67. The van der Waals surface area contributed by atoms with Crippen LogP contribution < -0.4 is 14.8 Å². The molecule has 1 aliphatic heterocycles. The van der Waals surface area contributed by atoms with Crippen LogP contribution in [0.1, 0.15) is 11.6 Å². The molecule has 1 amide bonds. The van der Waals surface area contributed by atoms with Gasteiger partial charge in [-0.25, -0.2) is 0 Å². The van der Waals surface area contributed by atoms with Gasteiger partial charge in [0.1, 0.15) is 11.5 Å². The first-order valence-corrected chi connectivity index (χ1v) is 9.58. The van der Waals surface area contributed by atoms with E-state index in [9.17, 15) is 4.79 Å². The van der Waals surface area contributed by atoms with Crippen LogP contribution in [0.4, 0.5) is 0 Å². The van der Waals surface area contributed by atoms with Gasteiger partial charge >= 0.3 is 0 Å². The maximum absolute atomic E-state index is 12.2. The largest absolute Gasteiger partial charge is 0.497 e. The summed E-state index contributed by atoms with van der Waals surface area (Å²) in [7, 11) is 1.60. The van der Waals surface area contributed by atoms with Gasteiger partial charge in [-0.2, -0.15) is 11.3 Å². The first-order chi connectivity index (χ1) is 12.8. The van der Waals surface area contributed by atoms with E-state index in [1.54, 1.807) is 30.6 Å². The standard InChI is InChI=1S/C19H24N2O4S/c1-23-16-3-2-4-17(11-16)25-13-19(22)20-12-18(15-5-10-26-14-15)21-6-8-24-9-7-21/h2-5,10-11,14,18H,6-9,12-13H2,1H3,(H,20,22)/t18-/m0/s1. The van der Waals surface area contributed by atoms with Gasteiger partial charge < -0.3 is 19.5 Å². The van der Waals surface area contributed by atoms with E-state index in [0.29, 0.717) is 18.0 Å². The molecule has 0 radical (unpaired) electrons. The normalized spacial score (nSPS) is 16.0. The molecular weight excluding hydrogens is 352 g/mol. The highest BCUT2D eigenvalue weighted by Crippen LogP contribution is 2.23. The van der Waals surface area contributed by atoms with Crippen LogP contribution in [0.15, 0.2) is 41.1 Å². The number of carbonyl (C=O) groups excluding carboxylic acids is 1. The number of morpholine rings is 1. The van der Waals surface area contributed by atoms with E-state index in [2.05, 4.69) is 27.0 Å². The van der Waals surface area contributed by atoms with Crippen LogP contribution in [0.25, 0.3) is 0 Å². The Morgan fingerprint density at radius 2 is 2.12 bits per heavy atom. The van der Waals surface area contributed by atoms with Crippen molar-refractivity contribution in [2.24, 2.45) is 0 Å². The number of carbonyl (C=O) groups is 1. The number of rotatable bonds is 8. The summed E-state index contributed by atoms with van der Waals surface area (Å²) in [5, 5.41) is 7.20. The number of benzene rings is 1. The van der Waals surface area contributed by atoms with Crippen LogP contribution >= 0.6 is 11.3 Å². The Kier molecular flexibility index (Phi) is 6.88. The van der Waals surface area contributed by atoms with Gasteiger partial charge in [0.05, 0.1) is 26.4 Å². The second kappa shape index (κ2) is 9.56. The van der Waals surface area contributed by atoms with Crippen LogP contribution in [0.5, 0.6) is 11.5 Å². The molecule has 140 valence electrons. The zero-order valence-corrected chi connectivity index (χ0v) is 15.7. The summed E-state index contributed by atoms with van der Waals surface area (Å²) in [6.07, 6.45) is 0. The first kappa shape index (κ1) is 18.7. The SMILES string of the molecule is COc1cccc(OCC(=O)NC[C@@H](c2ccsc2)N2CCOCC2)c1. The molecule has 1 atom stereocenters. The molecule has 1 N–H and O–H groups in total. The topological polar surface area (TPSA) is 60.0 Å². The Morgan fingerprint density at radius 1 is 1.31 bits per heavy atom. The number of thiophene rings is 1. The van der Waals surface area contributed by atoms with Gasteiger partial charge in [0.15, 0.2) is 6.61 Å². The lowest BCUT2D eigenvalue weighted by Gasteiger charge is -2.34. The van der Waals surface area contributed by atoms with Crippen molar-refractivity contribution in [1.29, 1.82) is 0 Å². The molecule has 2 aromatic rings. The minimum atomic E-state index is -0.138. The lowest BCUT2D eigenvalue weighted by atomic mass is 10.1. The molecule has 0 unspecified atom stereocenters. The molecule has 26 heavy (non-hydrogen) atoms. The number of amides is 1. The molecule has 1 aromatic carbocycles. The maximum atomic E-state index is 12.2. The molecule has 2 heterocycles. The third-order valence-electron chi connectivity index (χ3n) is 4.32. The summed E-state index contributed by atoms with van der Waals surface area (Å²) in [4.78, 5) is 14.6. The summed E-state index contributed by atoms with van der Waals surface area (Å²) < 4.78 is 16.2. The van der Waals surface area contributed by atoms with Gasteiger partial charge in [0.25, 0.3) is 5.91 Å². The van der Waals surface area contributed by atoms with E-state index in [4.69, 9.17) is 14.2 Å². The van der Waals surface area contributed by atoms with Crippen molar-refractivity contribution < 1.29 is 19.0 Å². The lowest BCUT2D eigenvalue weighted by molar-refractivity contribution is -0.123. The summed E-state index contributed by atoms with van der Waals surface area (Å²) in [6.45, 7) is 3.73. The fourth-order valence-electron chi connectivity index (χ4n) is 2.91. The van der Waals surface area contributed by atoms with Crippen molar-refractivity contribution in [3.05, 3.63) is 46.7 Å². The van der Waals surface area contributed by atoms with Gasteiger partial charge in [0, 0.05) is 25.7 Å². The van der Waals surface area contributed by atoms with E-state index >= 15 is 0 Å². The van der Waals surface area contributed by atoms with Gasteiger partial charge in [-0.3, -0.25) is 9.69 Å². The van der Waals surface area contributed by atoms with E-state index < -0.39 is 0 Å². The van der Waals surface area contributed by atoms with Crippen LogP contribution in [-0.4, -0.2) is 57.4 Å². The zero-order chi connectivity index (χ0) is 18.2. The number of methoxy groups -OCH3 is 1. The van der Waals surface area contributed by atoms with Crippen LogP contribution in [0.2, 0.25) is 0 Å². The molecule has 1 saturated heterocycles. The summed E-state index contributed by atoms with van der Waals surface area (Å²) in [6, 6.07) is 9.50. The number of nitrogens with zero attached hydrogens (tertiary/aromatic N) is 1. The minimum Gasteiger partial charge on any atom is -0.497 e. The molecule has 7 heteroatoms. The van der Waals surface area contributed by atoms with Crippen molar-refractivity contribution in [1.82, 2.24) is 10.2 Å². The summed E-state index contributed by atoms with van der Waals surface area (Å²) in [5.74, 6) is 1.18. The van der Waals surface area contributed by atoms with Gasteiger partial charge in [0.2, 0.25) is 0 Å². The van der Waals surface area contributed by atoms with E-state index in [-0.39, 0.29) is 18.6 Å². The van der Waals surface area contributed by atoms with Crippen LogP contribution in [0.3, 0.4) is 0 Å². The lowest BCUT2D eigenvalue weighted by Crippen LogP contribution is -2.44. The average Bonchev–Trinajstić information content (AvgIpc) is 3.22. The molecule has 0 aliphatic carbocycles. The van der Waals surface area contributed by atoms with Crippen LogP contribution in [0, 0.1) is 0 Å². The smallest absolute Gasteiger partial charge is 0.258 e. The van der Waals surface area contributed by atoms with Gasteiger partial charge in [-0.15, -0.1) is 0 Å². The Morgan fingerprint density at radius 3 is 2.85 bits per heavy atom. The van der Waals surface area contributed by atoms with Crippen molar-refractivity contribution in [3.8, 4) is 11.5 Å². The Bertz CT molecular complexity index is 687. The zero-order valence-electron chi connectivity index (χ0n) is 14.8. The quantitative estimate of drug-likeness (QED) is 0.766. The monoisotopic (exact) mass is 376 g/mol. The third-order valence-corrected chi connectivity index (χ3v) is 5.02.